The average molecular weight is 399 g/mol. The predicted molar refractivity (Wildman–Crippen MR) is 103 cm³/mol. The van der Waals surface area contributed by atoms with E-state index in [1.54, 1.807) is 24.6 Å². The van der Waals surface area contributed by atoms with E-state index < -0.39 is 0 Å². The van der Waals surface area contributed by atoms with Gasteiger partial charge in [0.2, 0.25) is 11.8 Å². The molecule has 0 unspecified atom stereocenters. The van der Waals surface area contributed by atoms with Crippen molar-refractivity contribution >= 4 is 11.6 Å². The van der Waals surface area contributed by atoms with E-state index in [0.717, 1.165) is 18.5 Å². The number of rotatable bonds is 8. The van der Waals surface area contributed by atoms with Crippen LogP contribution >= 0.6 is 11.6 Å². The predicted octanol–water partition coefficient (Wildman–Crippen LogP) is 5.05. The topological polar surface area (TPSA) is 81.3 Å². The van der Waals surface area contributed by atoms with Crippen molar-refractivity contribution in [2.45, 2.75) is 26.4 Å². The van der Waals surface area contributed by atoms with Gasteiger partial charge in [-0.15, -0.1) is 10.2 Å². The maximum absolute atomic E-state index is 5.94. The van der Waals surface area contributed by atoms with Crippen LogP contribution in [0.2, 0.25) is 5.02 Å². The zero-order valence-corrected chi connectivity index (χ0v) is 16.1. The van der Waals surface area contributed by atoms with Gasteiger partial charge >= 0.3 is 0 Å². The molecule has 4 aromatic rings. The Kier molecular flexibility index (Phi) is 5.55. The quantitative estimate of drug-likeness (QED) is 0.410. The second-order valence-corrected chi connectivity index (χ2v) is 6.75. The number of nitrogens with zero attached hydrogens (tertiary/aromatic N) is 4. The van der Waals surface area contributed by atoms with Crippen LogP contribution in [-0.2, 0) is 13.1 Å². The number of furan rings is 1. The summed E-state index contributed by atoms with van der Waals surface area (Å²) in [6.45, 7) is 4.00. The standard InChI is InChI=1S/C20H19ClN4O3/c1-2-9-25(13-19-23-24-20(28-19)16-4-3-10-26-16)12-18-22-11-17(27-18)14-5-7-15(21)8-6-14/h3-8,10-11H,2,9,12-13H2,1H3. The Bertz CT molecular complexity index is 1010. The van der Waals surface area contributed by atoms with Crippen LogP contribution in [0.15, 0.2) is 62.1 Å². The minimum Gasteiger partial charge on any atom is -0.459 e. The molecule has 0 saturated carbocycles. The van der Waals surface area contributed by atoms with Crippen molar-refractivity contribution in [1.82, 2.24) is 20.1 Å². The maximum Gasteiger partial charge on any atom is 0.283 e. The molecule has 144 valence electrons. The number of hydrogen-bond donors (Lipinski definition) is 0. The monoisotopic (exact) mass is 398 g/mol. The van der Waals surface area contributed by atoms with E-state index in [9.17, 15) is 0 Å². The minimum absolute atomic E-state index is 0.373. The Hall–Kier alpha value is -2.90. The van der Waals surface area contributed by atoms with Gasteiger partial charge in [-0.25, -0.2) is 4.98 Å². The highest BCUT2D eigenvalue weighted by atomic mass is 35.5. The Morgan fingerprint density at radius 3 is 2.54 bits per heavy atom. The molecule has 1 aromatic carbocycles. The molecular weight excluding hydrogens is 380 g/mol. The van der Waals surface area contributed by atoms with Crippen LogP contribution in [0.4, 0.5) is 0 Å². The number of benzene rings is 1. The van der Waals surface area contributed by atoms with Gasteiger partial charge in [0.05, 0.1) is 25.5 Å². The molecule has 0 radical (unpaired) electrons. The first kappa shape index (κ1) is 18.5. The van der Waals surface area contributed by atoms with Gasteiger partial charge in [-0.1, -0.05) is 18.5 Å². The van der Waals surface area contributed by atoms with Gasteiger partial charge in [-0.05, 0) is 49.4 Å². The zero-order valence-electron chi connectivity index (χ0n) is 15.3. The number of aromatic nitrogens is 3. The summed E-state index contributed by atoms with van der Waals surface area (Å²) >= 11 is 5.94. The summed E-state index contributed by atoms with van der Waals surface area (Å²) < 4.78 is 16.9. The third-order valence-corrected chi connectivity index (χ3v) is 4.39. The Balaban J connectivity index is 1.44. The number of halogens is 1. The fraction of sp³-hybridized carbons (Fsp3) is 0.250. The highest BCUT2D eigenvalue weighted by molar-refractivity contribution is 6.30. The van der Waals surface area contributed by atoms with Crippen LogP contribution in [0.1, 0.15) is 25.1 Å². The van der Waals surface area contributed by atoms with E-state index in [4.69, 9.17) is 24.9 Å². The van der Waals surface area contributed by atoms with Crippen molar-refractivity contribution in [1.29, 1.82) is 0 Å². The van der Waals surface area contributed by atoms with Crippen LogP contribution in [-0.4, -0.2) is 26.6 Å². The molecule has 0 N–H and O–H groups in total. The van der Waals surface area contributed by atoms with Crippen LogP contribution in [0.25, 0.3) is 23.0 Å². The molecule has 28 heavy (non-hydrogen) atoms. The molecule has 8 heteroatoms. The second-order valence-electron chi connectivity index (χ2n) is 6.31. The summed E-state index contributed by atoms with van der Waals surface area (Å²) in [7, 11) is 0. The maximum atomic E-state index is 5.94. The highest BCUT2D eigenvalue weighted by Gasteiger charge is 2.16. The van der Waals surface area contributed by atoms with E-state index >= 15 is 0 Å². The molecule has 0 spiro atoms. The molecule has 7 nitrogen and oxygen atoms in total. The summed E-state index contributed by atoms with van der Waals surface area (Å²) in [5.74, 6) is 2.79. The Labute approximate surface area is 167 Å². The lowest BCUT2D eigenvalue weighted by molar-refractivity contribution is 0.211. The summed E-state index contributed by atoms with van der Waals surface area (Å²) in [5, 5.41) is 8.84. The first-order valence-corrected chi connectivity index (χ1v) is 9.38. The van der Waals surface area contributed by atoms with Gasteiger partial charge in [0, 0.05) is 10.6 Å². The number of oxazole rings is 1. The lowest BCUT2D eigenvalue weighted by Gasteiger charge is -2.17. The van der Waals surface area contributed by atoms with Crippen LogP contribution in [0.3, 0.4) is 0 Å². The molecule has 0 saturated heterocycles. The fourth-order valence-electron chi connectivity index (χ4n) is 2.86. The third kappa shape index (κ3) is 4.32. The van der Waals surface area contributed by atoms with Crippen molar-refractivity contribution in [2.75, 3.05) is 6.54 Å². The molecular formula is C20H19ClN4O3. The molecule has 4 rings (SSSR count). The van der Waals surface area contributed by atoms with Gasteiger partial charge in [-0.2, -0.15) is 0 Å². The lowest BCUT2D eigenvalue weighted by atomic mass is 10.2. The zero-order chi connectivity index (χ0) is 19.3. The fourth-order valence-corrected chi connectivity index (χ4v) is 2.99. The van der Waals surface area contributed by atoms with Gasteiger partial charge in [0.15, 0.2) is 11.5 Å². The normalized spacial score (nSPS) is 11.4. The molecule has 3 heterocycles. The number of hydrogen-bond acceptors (Lipinski definition) is 7. The third-order valence-electron chi connectivity index (χ3n) is 4.14. The second kappa shape index (κ2) is 8.41. The van der Waals surface area contributed by atoms with Gasteiger partial charge in [-0.3, -0.25) is 4.90 Å². The largest absolute Gasteiger partial charge is 0.459 e. The Morgan fingerprint density at radius 1 is 0.964 bits per heavy atom. The average Bonchev–Trinajstić information content (AvgIpc) is 3.44. The van der Waals surface area contributed by atoms with E-state index in [1.807, 2.05) is 24.3 Å². The van der Waals surface area contributed by atoms with Crippen molar-refractivity contribution in [3.63, 3.8) is 0 Å². The van der Waals surface area contributed by atoms with Crippen molar-refractivity contribution in [3.05, 3.63) is 65.7 Å². The van der Waals surface area contributed by atoms with Crippen LogP contribution in [0, 0.1) is 0 Å². The van der Waals surface area contributed by atoms with Gasteiger partial charge in [0.25, 0.3) is 5.89 Å². The van der Waals surface area contributed by atoms with E-state index in [1.165, 1.54) is 0 Å². The van der Waals surface area contributed by atoms with Crippen LogP contribution < -0.4 is 0 Å². The SMILES string of the molecule is CCCN(Cc1ncc(-c2ccc(Cl)cc2)o1)Cc1nnc(-c2ccco2)o1. The molecule has 0 aliphatic heterocycles. The summed E-state index contributed by atoms with van der Waals surface area (Å²) in [6.07, 6.45) is 4.28. The van der Waals surface area contributed by atoms with Crippen molar-refractivity contribution in [2.24, 2.45) is 0 Å². The smallest absolute Gasteiger partial charge is 0.283 e. The Morgan fingerprint density at radius 2 is 1.79 bits per heavy atom. The lowest BCUT2D eigenvalue weighted by Crippen LogP contribution is -2.24. The summed E-state index contributed by atoms with van der Waals surface area (Å²) in [5.41, 5.74) is 0.935. The van der Waals surface area contributed by atoms with Gasteiger partial charge < -0.3 is 13.3 Å². The minimum atomic E-state index is 0.373. The molecule has 3 aromatic heterocycles. The van der Waals surface area contributed by atoms with Gasteiger partial charge in [0.1, 0.15) is 0 Å². The molecule has 0 atom stereocenters. The van der Waals surface area contributed by atoms with E-state index in [-0.39, 0.29) is 0 Å². The first-order valence-electron chi connectivity index (χ1n) is 9.00. The molecule has 0 bridgehead atoms. The first-order chi connectivity index (χ1) is 13.7. The molecule has 0 amide bonds. The summed E-state index contributed by atoms with van der Waals surface area (Å²) in [6, 6.07) is 11.0. The summed E-state index contributed by atoms with van der Waals surface area (Å²) in [4.78, 5) is 6.55. The highest BCUT2D eigenvalue weighted by Crippen LogP contribution is 2.23. The van der Waals surface area contributed by atoms with E-state index in [0.29, 0.717) is 47.3 Å². The van der Waals surface area contributed by atoms with Crippen molar-refractivity contribution < 1.29 is 13.3 Å². The molecule has 0 aliphatic rings. The van der Waals surface area contributed by atoms with Crippen molar-refractivity contribution in [3.8, 4) is 23.0 Å². The van der Waals surface area contributed by atoms with E-state index in [2.05, 4.69) is 27.0 Å². The molecule has 0 fully saturated rings. The molecule has 0 aliphatic carbocycles. The van der Waals surface area contributed by atoms with Crippen LogP contribution in [0.5, 0.6) is 0 Å².